The van der Waals surface area contributed by atoms with E-state index in [0.717, 1.165) is 13.0 Å². The third kappa shape index (κ3) is 20.0. The molecule has 20 heavy (non-hydrogen) atoms. The second-order valence-corrected chi connectivity index (χ2v) is 5.38. The highest BCUT2D eigenvalue weighted by Crippen LogP contribution is 2.11. The minimum absolute atomic E-state index is 0. The highest BCUT2D eigenvalue weighted by molar-refractivity contribution is 5.85. The van der Waals surface area contributed by atoms with E-state index in [2.05, 4.69) is 17.2 Å². The van der Waals surface area contributed by atoms with Gasteiger partial charge in [0, 0.05) is 13.5 Å². The highest BCUT2D eigenvalue weighted by Gasteiger charge is 1.94. The molecule has 122 valence electrons. The molecule has 0 unspecified atom stereocenters. The van der Waals surface area contributed by atoms with Crippen LogP contribution in [0.1, 0.15) is 90.9 Å². The first-order valence-corrected chi connectivity index (χ1v) is 8.17. The van der Waals surface area contributed by atoms with Gasteiger partial charge in [0.2, 0.25) is 0 Å². The van der Waals surface area contributed by atoms with Crippen LogP contribution < -0.4 is 5.48 Å². The Morgan fingerprint density at radius 1 is 0.800 bits per heavy atom. The van der Waals surface area contributed by atoms with E-state index >= 15 is 0 Å². The van der Waals surface area contributed by atoms with Crippen molar-refractivity contribution >= 4 is 18.4 Å². The molecule has 0 aromatic carbocycles. The van der Waals surface area contributed by atoms with Gasteiger partial charge in [0.25, 0.3) is 0 Å². The van der Waals surface area contributed by atoms with Crippen LogP contribution in [-0.4, -0.2) is 12.5 Å². The number of hydrogen-bond donors (Lipinski definition) is 1. The number of unbranched alkanes of at least 4 members (excludes halogenated alkanes) is 11. The third-order valence-electron chi connectivity index (χ3n) is 3.35. The Labute approximate surface area is 131 Å². The predicted octanol–water partition coefficient (Wildman–Crippen LogP) is 5.18. The van der Waals surface area contributed by atoms with Crippen molar-refractivity contribution in [2.24, 2.45) is 0 Å². The van der Waals surface area contributed by atoms with Gasteiger partial charge in [-0.15, -0.1) is 12.4 Å². The Hall–Kier alpha value is -0.280. The topological polar surface area (TPSA) is 38.3 Å². The fourth-order valence-electron chi connectivity index (χ4n) is 2.19. The first kappa shape index (κ1) is 22.0. The first-order valence-electron chi connectivity index (χ1n) is 8.17. The van der Waals surface area contributed by atoms with E-state index in [9.17, 15) is 4.79 Å². The van der Waals surface area contributed by atoms with E-state index in [1.165, 1.54) is 77.6 Å². The van der Waals surface area contributed by atoms with Gasteiger partial charge in [0.15, 0.2) is 0 Å². The number of rotatable bonds is 14. The first-order chi connectivity index (χ1) is 9.27. The molecule has 0 atom stereocenters. The minimum atomic E-state index is -0.265. The van der Waals surface area contributed by atoms with Gasteiger partial charge in [-0.05, 0) is 6.42 Å². The van der Waals surface area contributed by atoms with Crippen LogP contribution in [0.25, 0.3) is 0 Å². The summed E-state index contributed by atoms with van der Waals surface area (Å²) in [6.07, 6.45) is 16.2. The summed E-state index contributed by atoms with van der Waals surface area (Å²) in [6, 6.07) is 0. The van der Waals surface area contributed by atoms with Gasteiger partial charge >= 0.3 is 5.97 Å². The van der Waals surface area contributed by atoms with Crippen LogP contribution in [0.2, 0.25) is 0 Å². The molecule has 0 saturated heterocycles. The van der Waals surface area contributed by atoms with Crippen LogP contribution in [-0.2, 0) is 9.63 Å². The van der Waals surface area contributed by atoms with Crippen molar-refractivity contribution < 1.29 is 9.63 Å². The smallest absolute Gasteiger partial charge is 0.321 e. The molecule has 3 nitrogen and oxygen atoms in total. The Morgan fingerprint density at radius 3 is 1.60 bits per heavy atom. The predicted molar refractivity (Wildman–Crippen MR) is 88.1 cm³/mol. The molecule has 0 aromatic rings. The van der Waals surface area contributed by atoms with Gasteiger partial charge in [-0.3, -0.25) is 4.79 Å². The molecule has 0 fully saturated rings. The van der Waals surface area contributed by atoms with Crippen LogP contribution in [0.5, 0.6) is 0 Å². The van der Waals surface area contributed by atoms with E-state index in [1.807, 2.05) is 0 Å². The van der Waals surface area contributed by atoms with Gasteiger partial charge in [-0.1, -0.05) is 77.6 Å². The summed E-state index contributed by atoms with van der Waals surface area (Å²) in [5, 5.41) is 0. The molecule has 0 heterocycles. The quantitative estimate of drug-likeness (QED) is 0.355. The standard InChI is InChI=1S/C16H33NO2.ClH/c1-3-4-5-6-7-8-9-10-11-12-13-14-15-17-19-16(2)18;/h17H,3-15H2,1-2H3;1H. The van der Waals surface area contributed by atoms with Gasteiger partial charge in [-0.2, -0.15) is 5.48 Å². The molecule has 0 amide bonds. The Kier molecular flexibility index (Phi) is 20.6. The van der Waals surface area contributed by atoms with Crippen LogP contribution >= 0.6 is 12.4 Å². The maximum absolute atomic E-state index is 10.5. The molecular weight excluding hydrogens is 274 g/mol. The maximum Gasteiger partial charge on any atom is 0.321 e. The van der Waals surface area contributed by atoms with Gasteiger partial charge in [-0.25, -0.2) is 0 Å². The lowest BCUT2D eigenvalue weighted by Crippen LogP contribution is -2.18. The summed E-state index contributed by atoms with van der Waals surface area (Å²) >= 11 is 0. The summed E-state index contributed by atoms with van der Waals surface area (Å²) < 4.78 is 0. The molecule has 0 radical (unpaired) electrons. The second-order valence-electron chi connectivity index (χ2n) is 5.38. The number of hydroxylamine groups is 1. The Morgan fingerprint density at radius 2 is 1.20 bits per heavy atom. The normalized spacial score (nSPS) is 10.1. The van der Waals surface area contributed by atoms with E-state index in [1.54, 1.807) is 0 Å². The summed E-state index contributed by atoms with van der Waals surface area (Å²) in [5.74, 6) is -0.265. The molecule has 0 aromatic heterocycles. The van der Waals surface area contributed by atoms with Crippen molar-refractivity contribution in [3.05, 3.63) is 0 Å². The molecule has 0 aliphatic rings. The monoisotopic (exact) mass is 307 g/mol. The lowest BCUT2D eigenvalue weighted by Gasteiger charge is -2.04. The number of halogens is 1. The van der Waals surface area contributed by atoms with Crippen molar-refractivity contribution in [2.75, 3.05) is 6.54 Å². The van der Waals surface area contributed by atoms with E-state index in [4.69, 9.17) is 0 Å². The van der Waals surface area contributed by atoms with Crippen molar-refractivity contribution in [3.8, 4) is 0 Å². The van der Waals surface area contributed by atoms with Crippen molar-refractivity contribution in [3.63, 3.8) is 0 Å². The van der Waals surface area contributed by atoms with E-state index < -0.39 is 0 Å². The van der Waals surface area contributed by atoms with Crippen LogP contribution in [0.3, 0.4) is 0 Å². The number of carbonyl (C=O) groups excluding carboxylic acids is 1. The largest absolute Gasteiger partial charge is 0.371 e. The van der Waals surface area contributed by atoms with Crippen molar-refractivity contribution in [1.29, 1.82) is 0 Å². The van der Waals surface area contributed by atoms with Gasteiger partial charge in [0.05, 0.1) is 0 Å². The molecule has 0 bridgehead atoms. The van der Waals surface area contributed by atoms with Gasteiger partial charge in [0.1, 0.15) is 0 Å². The van der Waals surface area contributed by atoms with E-state index in [0.29, 0.717) is 0 Å². The van der Waals surface area contributed by atoms with E-state index in [-0.39, 0.29) is 18.4 Å². The second kappa shape index (κ2) is 18.7. The number of hydrogen-bond acceptors (Lipinski definition) is 3. The fourth-order valence-corrected chi connectivity index (χ4v) is 2.19. The average molecular weight is 308 g/mol. The minimum Gasteiger partial charge on any atom is -0.371 e. The lowest BCUT2D eigenvalue weighted by molar-refractivity contribution is -0.148. The number of nitrogens with one attached hydrogen (secondary N) is 1. The molecule has 0 aliphatic heterocycles. The zero-order chi connectivity index (χ0) is 14.2. The molecule has 0 aliphatic carbocycles. The zero-order valence-electron chi connectivity index (χ0n) is 13.4. The summed E-state index contributed by atoms with van der Waals surface area (Å²) in [5.41, 5.74) is 2.67. The molecule has 1 N–H and O–H groups in total. The highest BCUT2D eigenvalue weighted by atomic mass is 35.5. The summed E-state index contributed by atoms with van der Waals surface area (Å²) in [6.45, 7) is 4.45. The molecule has 0 rings (SSSR count). The Bertz CT molecular complexity index is 201. The Balaban J connectivity index is 0. The van der Waals surface area contributed by atoms with Crippen LogP contribution in [0, 0.1) is 0 Å². The summed E-state index contributed by atoms with van der Waals surface area (Å²) in [4.78, 5) is 15.1. The SMILES string of the molecule is CCCCCCCCCCCCCCNOC(C)=O.Cl. The molecule has 0 spiro atoms. The van der Waals surface area contributed by atoms with Crippen LogP contribution in [0.15, 0.2) is 0 Å². The molecule has 4 heteroatoms. The number of carbonyl (C=O) groups is 1. The molecule has 0 saturated carbocycles. The summed E-state index contributed by atoms with van der Waals surface area (Å²) in [7, 11) is 0. The van der Waals surface area contributed by atoms with Crippen molar-refractivity contribution in [1.82, 2.24) is 5.48 Å². The zero-order valence-corrected chi connectivity index (χ0v) is 14.2. The third-order valence-corrected chi connectivity index (χ3v) is 3.35. The molecular formula is C16H34ClNO2. The van der Waals surface area contributed by atoms with Gasteiger partial charge < -0.3 is 4.84 Å². The fraction of sp³-hybridized carbons (Fsp3) is 0.938. The van der Waals surface area contributed by atoms with Crippen molar-refractivity contribution in [2.45, 2.75) is 90.9 Å². The maximum atomic E-state index is 10.5. The lowest BCUT2D eigenvalue weighted by atomic mass is 10.1. The van der Waals surface area contributed by atoms with Crippen LogP contribution in [0.4, 0.5) is 0 Å². The average Bonchev–Trinajstić information content (AvgIpc) is 2.39.